The number of carbonyl (C=O) groups is 1. The minimum Gasteiger partial charge on any atom is -0.374 e. The van der Waals surface area contributed by atoms with Gasteiger partial charge in [-0.2, -0.15) is 0 Å². The van der Waals surface area contributed by atoms with Gasteiger partial charge in [0, 0.05) is 31.7 Å². The van der Waals surface area contributed by atoms with E-state index in [2.05, 4.69) is 4.90 Å². The highest BCUT2D eigenvalue weighted by atomic mass is 19.1. The molecule has 1 aliphatic heterocycles. The van der Waals surface area contributed by atoms with E-state index in [0.29, 0.717) is 25.3 Å². The number of amides is 1. The Bertz CT molecular complexity index is 524. The molecule has 1 fully saturated rings. The normalized spacial score (nSPS) is 19.5. The zero-order valence-electron chi connectivity index (χ0n) is 13.2. The number of primary amides is 1. The molecule has 1 aromatic carbocycles. The smallest absolute Gasteiger partial charge is 0.231 e. The highest BCUT2D eigenvalue weighted by Gasteiger charge is 2.22. The first-order chi connectivity index (χ1) is 10.4. The lowest BCUT2D eigenvalue weighted by atomic mass is 10.1. The Labute approximate surface area is 130 Å². The molecule has 0 spiro atoms. The first kappa shape index (κ1) is 16.9. The number of carbonyl (C=O) groups excluding carboxylic acids is 1. The number of rotatable bonds is 6. The highest BCUT2D eigenvalue weighted by molar-refractivity contribution is 5.75. The van der Waals surface area contributed by atoms with Crippen LogP contribution in [0.15, 0.2) is 18.2 Å². The van der Waals surface area contributed by atoms with E-state index in [1.54, 1.807) is 6.07 Å². The van der Waals surface area contributed by atoms with Crippen LogP contribution in [0, 0.1) is 12.7 Å². The topological polar surface area (TPSA) is 58.8 Å². The maximum absolute atomic E-state index is 13.9. The Morgan fingerprint density at radius 1 is 1.55 bits per heavy atom. The van der Waals surface area contributed by atoms with Crippen LogP contribution < -0.4 is 5.73 Å². The predicted molar refractivity (Wildman–Crippen MR) is 82.8 cm³/mol. The molecule has 1 unspecified atom stereocenters. The van der Waals surface area contributed by atoms with Gasteiger partial charge in [0.1, 0.15) is 5.82 Å². The van der Waals surface area contributed by atoms with E-state index in [1.807, 2.05) is 24.9 Å². The second kappa shape index (κ2) is 7.67. The zero-order valence-corrected chi connectivity index (χ0v) is 13.2. The molecule has 1 heterocycles. The summed E-state index contributed by atoms with van der Waals surface area (Å²) in [5.74, 6) is -0.517. The van der Waals surface area contributed by atoms with Crippen molar-refractivity contribution < 1.29 is 13.9 Å². The minimum absolute atomic E-state index is 0.00553. The Morgan fingerprint density at radius 2 is 2.32 bits per heavy atom. The molecular weight excluding hydrogens is 285 g/mol. The summed E-state index contributed by atoms with van der Waals surface area (Å²) in [5, 5.41) is 0. The van der Waals surface area contributed by atoms with Gasteiger partial charge in [-0.25, -0.2) is 4.39 Å². The molecule has 1 aliphatic rings. The average molecular weight is 309 g/mol. The molecule has 0 aliphatic carbocycles. The van der Waals surface area contributed by atoms with Crippen LogP contribution >= 0.6 is 0 Å². The van der Waals surface area contributed by atoms with Crippen LogP contribution in [0.1, 0.15) is 11.1 Å². The quantitative estimate of drug-likeness (QED) is 0.842. The fraction of sp³-hybridized carbons (Fsp3) is 0.562. The van der Waals surface area contributed by atoms with Crippen molar-refractivity contribution in [1.82, 2.24) is 9.80 Å². The van der Waals surface area contributed by atoms with Crippen LogP contribution in [0.4, 0.5) is 4.39 Å². The molecule has 1 saturated heterocycles. The molecule has 122 valence electrons. The molecule has 2 N–H and O–H groups in total. The van der Waals surface area contributed by atoms with Crippen molar-refractivity contribution in [2.75, 3.05) is 39.8 Å². The van der Waals surface area contributed by atoms with E-state index in [1.165, 1.54) is 6.07 Å². The molecule has 6 heteroatoms. The van der Waals surface area contributed by atoms with Crippen molar-refractivity contribution in [1.29, 1.82) is 0 Å². The summed E-state index contributed by atoms with van der Waals surface area (Å²) in [5.41, 5.74) is 6.96. The van der Waals surface area contributed by atoms with Gasteiger partial charge < -0.3 is 10.5 Å². The summed E-state index contributed by atoms with van der Waals surface area (Å²) < 4.78 is 19.6. The number of likely N-dealkylation sites (N-methyl/N-ethyl adjacent to an activating group) is 1. The summed E-state index contributed by atoms with van der Waals surface area (Å²) >= 11 is 0. The van der Waals surface area contributed by atoms with Gasteiger partial charge in [0.05, 0.1) is 19.3 Å². The summed E-state index contributed by atoms with van der Waals surface area (Å²) in [6.45, 7) is 5.50. The van der Waals surface area contributed by atoms with Crippen LogP contribution in [0.5, 0.6) is 0 Å². The van der Waals surface area contributed by atoms with Gasteiger partial charge in [-0.3, -0.25) is 14.6 Å². The van der Waals surface area contributed by atoms with E-state index >= 15 is 0 Å². The maximum atomic E-state index is 13.9. The first-order valence-electron chi connectivity index (χ1n) is 7.50. The molecule has 0 saturated carbocycles. The van der Waals surface area contributed by atoms with Crippen LogP contribution in [-0.4, -0.2) is 61.6 Å². The Kier molecular flexibility index (Phi) is 5.88. The molecule has 1 atom stereocenters. The number of hydrogen-bond donors (Lipinski definition) is 1. The first-order valence-corrected chi connectivity index (χ1v) is 7.50. The lowest BCUT2D eigenvalue weighted by molar-refractivity contribution is -0.119. The fourth-order valence-electron chi connectivity index (χ4n) is 2.78. The number of morpholine rings is 1. The van der Waals surface area contributed by atoms with Gasteiger partial charge in [-0.05, 0) is 20.0 Å². The summed E-state index contributed by atoms with van der Waals surface area (Å²) in [6.07, 6.45) is 0.00553. The van der Waals surface area contributed by atoms with Crippen molar-refractivity contribution >= 4 is 5.91 Å². The molecule has 5 nitrogen and oxygen atoms in total. The van der Waals surface area contributed by atoms with E-state index in [0.717, 1.165) is 18.7 Å². The molecule has 1 amide bonds. The number of nitrogens with zero attached hydrogens (tertiary/aromatic N) is 2. The number of nitrogens with two attached hydrogens (primary N) is 1. The Hall–Kier alpha value is -1.50. The zero-order chi connectivity index (χ0) is 16.1. The van der Waals surface area contributed by atoms with Gasteiger partial charge in [0.2, 0.25) is 5.91 Å². The second-order valence-corrected chi connectivity index (χ2v) is 5.99. The van der Waals surface area contributed by atoms with Crippen LogP contribution in [0.2, 0.25) is 0 Å². The molecule has 0 radical (unpaired) electrons. The summed E-state index contributed by atoms with van der Waals surface area (Å²) in [6, 6.07) is 5.18. The third kappa shape index (κ3) is 5.05. The monoisotopic (exact) mass is 309 g/mol. The van der Waals surface area contributed by atoms with Crippen molar-refractivity contribution in [3.63, 3.8) is 0 Å². The van der Waals surface area contributed by atoms with Gasteiger partial charge in [-0.1, -0.05) is 17.7 Å². The van der Waals surface area contributed by atoms with Crippen molar-refractivity contribution in [2.24, 2.45) is 5.73 Å². The second-order valence-electron chi connectivity index (χ2n) is 5.99. The molecule has 22 heavy (non-hydrogen) atoms. The standard InChI is InChI=1S/C16H24FN3O2/c1-12-3-4-15(17)13(7-12)8-20-5-6-22-14(10-20)9-19(2)11-16(18)21/h3-4,7,14H,5-6,8-11H2,1-2H3,(H2,18,21). The van der Waals surface area contributed by atoms with E-state index in [9.17, 15) is 9.18 Å². The predicted octanol–water partition coefficient (Wildman–Crippen LogP) is 0.752. The van der Waals surface area contributed by atoms with Gasteiger partial charge in [0.15, 0.2) is 0 Å². The van der Waals surface area contributed by atoms with E-state index < -0.39 is 0 Å². The largest absolute Gasteiger partial charge is 0.374 e. The molecular formula is C16H24FN3O2. The van der Waals surface area contributed by atoms with Crippen molar-refractivity contribution in [3.05, 3.63) is 35.1 Å². The number of ether oxygens (including phenoxy) is 1. The Morgan fingerprint density at radius 3 is 3.05 bits per heavy atom. The fourth-order valence-corrected chi connectivity index (χ4v) is 2.78. The van der Waals surface area contributed by atoms with Crippen LogP contribution in [0.25, 0.3) is 0 Å². The third-order valence-electron chi connectivity index (χ3n) is 3.76. The van der Waals surface area contributed by atoms with Gasteiger partial charge in [0.25, 0.3) is 0 Å². The summed E-state index contributed by atoms with van der Waals surface area (Å²) in [4.78, 5) is 14.9. The Balaban J connectivity index is 1.90. The van der Waals surface area contributed by atoms with E-state index in [4.69, 9.17) is 10.5 Å². The number of benzene rings is 1. The summed E-state index contributed by atoms with van der Waals surface area (Å²) in [7, 11) is 1.84. The SMILES string of the molecule is Cc1ccc(F)c(CN2CCOC(CN(C)CC(N)=O)C2)c1. The molecule has 0 bridgehead atoms. The average Bonchev–Trinajstić information content (AvgIpc) is 2.42. The highest BCUT2D eigenvalue weighted by Crippen LogP contribution is 2.15. The third-order valence-corrected chi connectivity index (χ3v) is 3.76. The number of hydrogen-bond acceptors (Lipinski definition) is 4. The minimum atomic E-state index is -0.350. The maximum Gasteiger partial charge on any atom is 0.231 e. The number of aryl methyl sites for hydroxylation is 1. The number of halogens is 1. The van der Waals surface area contributed by atoms with Crippen LogP contribution in [-0.2, 0) is 16.1 Å². The van der Waals surface area contributed by atoms with Crippen molar-refractivity contribution in [3.8, 4) is 0 Å². The van der Waals surface area contributed by atoms with Gasteiger partial charge in [-0.15, -0.1) is 0 Å². The van der Waals surface area contributed by atoms with Crippen LogP contribution in [0.3, 0.4) is 0 Å². The molecule has 2 rings (SSSR count). The molecule has 0 aromatic heterocycles. The lowest BCUT2D eigenvalue weighted by Crippen LogP contribution is -2.47. The molecule has 1 aromatic rings. The van der Waals surface area contributed by atoms with E-state index in [-0.39, 0.29) is 24.4 Å². The van der Waals surface area contributed by atoms with Gasteiger partial charge >= 0.3 is 0 Å². The van der Waals surface area contributed by atoms with Crippen molar-refractivity contribution in [2.45, 2.75) is 19.6 Å². The lowest BCUT2D eigenvalue weighted by Gasteiger charge is -2.34.